The second-order valence-electron chi connectivity index (χ2n) is 8.12. The van der Waals surface area contributed by atoms with E-state index in [2.05, 4.69) is 25.4 Å². The maximum absolute atomic E-state index is 13.4. The molecule has 4 N–H and O–H groups in total. The highest BCUT2D eigenvalue weighted by Crippen LogP contribution is 2.46. The molecule has 1 aliphatic heterocycles. The molecule has 13 heteroatoms. The van der Waals surface area contributed by atoms with Crippen molar-refractivity contribution >= 4 is 37.0 Å². The molecular formula is C21H28N7O5P. The summed E-state index contributed by atoms with van der Waals surface area (Å²) in [5.41, 5.74) is 6.99. The number of nitrogen functional groups attached to an aromatic ring is 1. The standard InChI is InChI=1S/C21H28N7O5P/c1-13-9-16(11-31-34(30,27-14(2)10-29)33-15-7-5-4-6-8-15)32-20(13)28-12-24-17-18(23-3)25-21(22)26-19(17)28/h4-8,10,12-14,16,20H,9,11H2,1-3H3,(H,27,30)(H3,22,23,25,26)/t13-,14-,16-,20+,34?/m0/s1. The van der Waals surface area contributed by atoms with Crippen molar-refractivity contribution in [3.05, 3.63) is 36.7 Å². The van der Waals surface area contributed by atoms with Crippen molar-refractivity contribution in [2.75, 3.05) is 24.7 Å². The normalized spacial score (nSPS) is 22.9. The molecule has 3 heterocycles. The van der Waals surface area contributed by atoms with Crippen LogP contribution in [0.25, 0.3) is 11.2 Å². The number of imidazole rings is 1. The van der Waals surface area contributed by atoms with Gasteiger partial charge in [-0.15, -0.1) is 0 Å². The molecule has 1 aliphatic rings. The van der Waals surface area contributed by atoms with Gasteiger partial charge in [-0.2, -0.15) is 9.97 Å². The molecule has 34 heavy (non-hydrogen) atoms. The number of hydrogen-bond acceptors (Lipinski definition) is 10. The number of ether oxygens (including phenoxy) is 1. The zero-order valence-electron chi connectivity index (χ0n) is 19.1. The Kier molecular flexibility index (Phi) is 7.13. The molecule has 0 amide bonds. The number of aldehydes is 1. The smallest absolute Gasteiger partial charge is 0.413 e. The van der Waals surface area contributed by atoms with Crippen LogP contribution in [0.5, 0.6) is 5.75 Å². The van der Waals surface area contributed by atoms with Crippen LogP contribution in [0.4, 0.5) is 11.8 Å². The Bertz CT molecular complexity index is 1190. The summed E-state index contributed by atoms with van der Waals surface area (Å²) in [6.07, 6.45) is 2.15. The minimum absolute atomic E-state index is 0.00491. The number of aromatic nitrogens is 4. The SMILES string of the molecule is CNc1nc(N)nc2c1ncn2[C@@H]1O[C@H](COP(=O)(N[C@@H](C)C=O)Oc2ccccc2)C[C@@H]1C. The van der Waals surface area contributed by atoms with Crippen LogP contribution in [0.1, 0.15) is 26.5 Å². The van der Waals surface area contributed by atoms with Crippen molar-refractivity contribution in [1.29, 1.82) is 0 Å². The van der Waals surface area contributed by atoms with Gasteiger partial charge in [-0.3, -0.25) is 9.09 Å². The summed E-state index contributed by atoms with van der Waals surface area (Å²) in [7, 11) is -2.11. The lowest BCUT2D eigenvalue weighted by molar-refractivity contribution is -0.109. The molecule has 1 unspecified atom stereocenters. The Morgan fingerprint density at radius 3 is 2.82 bits per heavy atom. The quantitative estimate of drug-likeness (QED) is 0.284. The summed E-state index contributed by atoms with van der Waals surface area (Å²) < 4.78 is 32.7. The van der Waals surface area contributed by atoms with Crippen molar-refractivity contribution in [3.8, 4) is 5.75 Å². The van der Waals surface area contributed by atoms with Gasteiger partial charge in [0.2, 0.25) is 5.95 Å². The second-order valence-corrected chi connectivity index (χ2v) is 9.81. The van der Waals surface area contributed by atoms with Gasteiger partial charge >= 0.3 is 7.75 Å². The minimum Gasteiger partial charge on any atom is -0.413 e. The zero-order valence-corrected chi connectivity index (χ0v) is 20.0. The van der Waals surface area contributed by atoms with Crippen LogP contribution in [0.15, 0.2) is 36.7 Å². The van der Waals surface area contributed by atoms with Gasteiger partial charge in [-0.25, -0.2) is 14.6 Å². The molecule has 0 bridgehead atoms. The molecule has 0 saturated carbocycles. The predicted molar refractivity (Wildman–Crippen MR) is 126 cm³/mol. The lowest BCUT2D eigenvalue weighted by atomic mass is 10.1. The summed E-state index contributed by atoms with van der Waals surface area (Å²) >= 11 is 0. The average molecular weight is 489 g/mol. The van der Waals surface area contributed by atoms with Gasteiger partial charge in [0, 0.05) is 13.0 Å². The molecule has 0 spiro atoms. The van der Waals surface area contributed by atoms with Crippen LogP contribution in [-0.4, -0.2) is 51.6 Å². The number of carbonyl (C=O) groups is 1. The maximum atomic E-state index is 13.4. The molecule has 12 nitrogen and oxygen atoms in total. The Balaban J connectivity index is 1.48. The fraction of sp³-hybridized carbons (Fsp3) is 0.429. The van der Waals surface area contributed by atoms with Crippen LogP contribution < -0.4 is 20.7 Å². The highest BCUT2D eigenvalue weighted by atomic mass is 31.2. The molecule has 182 valence electrons. The number of fused-ring (bicyclic) bond motifs is 1. The molecule has 0 aliphatic carbocycles. The molecule has 1 saturated heterocycles. The van der Waals surface area contributed by atoms with Crippen molar-refractivity contribution in [1.82, 2.24) is 24.6 Å². The van der Waals surface area contributed by atoms with Gasteiger partial charge in [-0.05, 0) is 25.5 Å². The van der Waals surface area contributed by atoms with E-state index < -0.39 is 13.8 Å². The Labute approximate surface area is 196 Å². The number of hydrogen-bond donors (Lipinski definition) is 3. The van der Waals surface area contributed by atoms with Crippen molar-refractivity contribution < 1.29 is 23.1 Å². The lowest BCUT2D eigenvalue weighted by Crippen LogP contribution is -2.29. The van der Waals surface area contributed by atoms with E-state index in [1.807, 2.05) is 17.6 Å². The third-order valence-electron chi connectivity index (χ3n) is 5.37. The van der Waals surface area contributed by atoms with Crippen molar-refractivity contribution in [2.45, 2.75) is 38.6 Å². The van der Waals surface area contributed by atoms with Gasteiger partial charge in [0.25, 0.3) is 0 Å². The average Bonchev–Trinajstić information content (AvgIpc) is 3.40. The summed E-state index contributed by atoms with van der Waals surface area (Å²) in [4.78, 5) is 24.0. The molecule has 1 fully saturated rings. The van der Waals surface area contributed by atoms with E-state index in [0.29, 0.717) is 35.4 Å². The number of nitrogens with one attached hydrogen (secondary N) is 2. The highest BCUT2D eigenvalue weighted by molar-refractivity contribution is 7.52. The number of anilines is 2. The monoisotopic (exact) mass is 489 g/mol. The predicted octanol–water partition coefficient (Wildman–Crippen LogP) is 2.75. The van der Waals surface area contributed by atoms with Gasteiger partial charge < -0.3 is 25.1 Å². The number of nitrogens with zero attached hydrogens (tertiary/aromatic N) is 4. The number of rotatable bonds is 10. The van der Waals surface area contributed by atoms with Crippen LogP contribution in [0.2, 0.25) is 0 Å². The topological polar surface area (TPSA) is 156 Å². The summed E-state index contributed by atoms with van der Waals surface area (Å²) in [5.74, 6) is 1.09. The van der Waals surface area contributed by atoms with Crippen LogP contribution in [-0.2, 0) is 18.6 Å². The highest BCUT2D eigenvalue weighted by Gasteiger charge is 2.37. The van der Waals surface area contributed by atoms with Gasteiger partial charge in [0.1, 0.15) is 18.3 Å². The Morgan fingerprint density at radius 2 is 2.12 bits per heavy atom. The van der Waals surface area contributed by atoms with E-state index in [-0.39, 0.29) is 30.8 Å². The van der Waals surface area contributed by atoms with E-state index in [4.69, 9.17) is 19.5 Å². The molecular weight excluding hydrogens is 461 g/mol. The molecule has 5 atom stereocenters. The van der Waals surface area contributed by atoms with Crippen LogP contribution >= 0.6 is 7.75 Å². The Morgan fingerprint density at radius 1 is 1.35 bits per heavy atom. The second kappa shape index (κ2) is 10.1. The summed E-state index contributed by atoms with van der Waals surface area (Å²) in [6.45, 7) is 3.60. The number of para-hydroxylation sites is 1. The third kappa shape index (κ3) is 5.20. The molecule has 1 aromatic carbocycles. The molecule has 2 aromatic heterocycles. The fourth-order valence-electron chi connectivity index (χ4n) is 3.83. The van der Waals surface area contributed by atoms with Crippen LogP contribution in [0, 0.1) is 5.92 Å². The fourth-order valence-corrected chi connectivity index (χ4v) is 5.33. The Hall–Kier alpha value is -3.05. The van der Waals surface area contributed by atoms with E-state index in [0.717, 1.165) is 0 Å². The van der Waals surface area contributed by atoms with E-state index in [9.17, 15) is 9.36 Å². The first kappa shape index (κ1) is 24.1. The van der Waals surface area contributed by atoms with Gasteiger partial charge in [0.15, 0.2) is 17.0 Å². The number of benzene rings is 1. The van der Waals surface area contributed by atoms with Gasteiger partial charge in [0.05, 0.1) is 25.1 Å². The third-order valence-corrected chi connectivity index (χ3v) is 7.03. The number of carbonyl (C=O) groups excluding carboxylic acids is 1. The van der Waals surface area contributed by atoms with Crippen molar-refractivity contribution in [3.63, 3.8) is 0 Å². The van der Waals surface area contributed by atoms with Crippen LogP contribution in [0.3, 0.4) is 0 Å². The van der Waals surface area contributed by atoms with E-state index in [1.54, 1.807) is 44.6 Å². The van der Waals surface area contributed by atoms with Gasteiger partial charge in [-0.1, -0.05) is 25.1 Å². The van der Waals surface area contributed by atoms with E-state index >= 15 is 0 Å². The molecule has 4 rings (SSSR count). The summed E-state index contributed by atoms with van der Waals surface area (Å²) in [6, 6.07) is 7.90. The maximum Gasteiger partial charge on any atom is 0.459 e. The first-order valence-electron chi connectivity index (χ1n) is 10.9. The minimum atomic E-state index is -3.85. The molecule has 0 radical (unpaired) electrons. The first-order valence-corrected chi connectivity index (χ1v) is 12.4. The lowest BCUT2D eigenvalue weighted by Gasteiger charge is -2.23. The summed E-state index contributed by atoms with van der Waals surface area (Å²) in [5, 5.41) is 5.61. The number of nitrogens with two attached hydrogens (primary N) is 1. The molecule has 3 aromatic rings. The van der Waals surface area contributed by atoms with Crippen molar-refractivity contribution in [2.24, 2.45) is 5.92 Å². The largest absolute Gasteiger partial charge is 0.459 e. The first-order chi connectivity index (χ1) is 16.3. The van der Waals surface area contributed by atoms with E-state index in [1.165, 1.54) is 0 Å². The zero-order chi connectivity index (χ0) is 24.3.